The molecule has 0 spiro atoms. The predicted octanol–water partition coefficient (Wildman–Crippen LogP) is 3.91. The molecule has 164 valence electrons. The molecule has 1 saturated heterocycles. The van der Waals surface area contributed by atoms with E-state index >= 15 is 0 Å². The van der Waals surface area contributed by atoms with E-state index in [1.165, 1.54) is 11.3 Å². The number of aromatic nitrogens is 2. The van der Waals surface area contributed by atoms with Gasteiger partial charge in [0.25, 0.3) is 11.8 Å². The fraction of sp³-hybridized carbons (Fsp3) is 0.0833. The van der Waals surface area contributed by atoms with Gasteiger partial charge < -0.3 is 10.6 Å². The van der Waals surface area contributed by atoms with Crippen molar-refractivity contribution in [1.82, 2.24) is 20.4 Å². The highest BCUT2D eigenvalue weighted by Gasteiger charge is 2.43. The topological polar surface area (TPSA) is 105 Å². The lowest BCUT2D eigenvalue weighted by molar-refractivity contribution is -0.123. The number of rotatable bonds is 5. The number of carbonyl (C=O) groups excluding carboxylic acids is 3. The van der Waals surface area contributed by atoms with Crippen LogP contribution in [-0.2, 0) is 10.3 Å². The molecule has 2 aromatic heterocycles. The highest BCUT2D eigenvalue weighted by molar-refractivity contribution is 7.13. The largest absolute Gasteiger partial charge is 0.322 e. The van der Waals surface area contributed by atoms with E-state index in [0.717, 1.165) is 10.6 Å². The number of imide groups is 1. The molecule has 1 atom stereocenters. The number of nitrogens with one attached hydrogen (secondary N) is 3. The number of benzene rings is 2. The van der Waals surface area contributed by atoms with Crippen molar-refractivity contribution >= 4 is 34.9 Å². The third kappa shape index (κ3) is 3.79. The molecule has 1 aliphatic heterocycles. The lowest BCUT2D eigenvalue weighted by atomic mass is 9.92. The molecule has 4 aromatic rings. The Labute approximate surface area is 193 Å². The first-order valence-corrected chi connectivity index (χ1v) is 11.1. The van der Waals surface area contributed by atoms with Crippen molar-refractivity contribution in [2.45, 2.75) is 12.5 Å². The summed E-state index contributed by atoms with van der Waals surface area (Å²) in [5.74, 6) is -0.775. The molecule has 4 amide bonds. The Morgan fingerprint density at radius 1 is 1.06 bits per heavy atom. The smallest absolute Gasteiger partial charge is 0.322 e. The van der Waals surface area contributed by atoms with Gasteiger partial charge >= 0.3 is 6.03 Å². The number of para-hydroxylation sites is 1. The Morgan fingerprint density at radius 3 is 2.58 bits per heavy atom. The molecule has 9 heteroatoms. The summed E-state index contributed by atoms with van der Waals surface area (Å²) < 4.78 is 1.68. The predicted molar refractivity (Wildman–Crippen MR) is 125 cm³/mol. The molecule has 33 heavy (non-hydrogen) atoms. The SMILES string of the molecule is CC1(c2cccc(NC(=O)c3cn(-c4ccccc4)nc3-c3cccs3)c2)NC(=O)NC1=O. The van der Waals surface area contributed by atoms with Gasteiger partial charge in [0.05, 0.1) is 16.1 Å². The molecule has 1 unspecified atom stereocenters. The summed E-state index contributed by atoms with van der Waals surface area (Å²) in [5, 5.41) is 14.4. The fourth-order valence-corrected chi connectivity index (χ4v) is 4.42. The first-order valence-electron chi connectivity index (χ1n) is 10.2. The number of hydrogen-bond acceptors (Lipinski definition) is 5. The van der Waals surface area contributed by atoms with Crippen LogP contribution in [0.4, 0.5) is 10.5 Å². The van der Waals surface area contributed by atoms with Gasteiger partial charge in [-0.3, -0.25) is 14.9 Å². The van der Waals surface area contributed by atoms with Gasteiger partial charge in [-0.15, -0.1) is 11.3 Å². The molecule has 3 heterocycles. The molecule has 0 bridgehead atoms. The minimum atomic E-state index is -1.21. The molecule has 0 aliphatic carbocycles. The quantitative estimate of drug-likeness (QED) is 0.395. The number of amides is 4. The molecule has 1 aliphatic rings. The number of nitrogens with zero attached hydrogens (tertiary/aromatic N) is 2. The molecule has 3 N–H and O–H groups in total. The first kappa shape index (κ1) is 20.7. The average Bonchev–Trinajstić information content (AvgIpc) is 3.54. The summed E-state index contributed by atoms with van der Waals surface area (Å²) >= 11 is 1.50. The summed E-state index contributed by atoms with van der Waals surface area (Å²) in [6.07, 6.45) is 1.70. The van der Waals surface area contributed by atoms with Crippen LogP contribution in [0.3, 0.4) is 0 Å². The van der Waals surface area contributed by atoms with Crippen LogP contribution in [0, 0.1) is 0 Å². The summed E-state index contributed by atoms with van der Waals surface area (Å²) in [6, 6.07) is 19.7. The van der Waals surface area contributed by atoms with E-state index in [9.17, 15) is 14.4 Å². The van der Waals surface area contributed by atoms with Crippen molar-refractivity contribution in [1.29, 1.82) is 0 Å². The van der Waals surface area contributed by atoms with Crippen LogP contribution >= 0.6 is 11.3 Å². The highest BCUT2D eigenvalue weighted by atomic mass is 32.1. The van der Waals surface area contributed by atoms with Crippen molar-refractivity contribution in [3.05, 3.63) is 89.4 Å². The summed E-state index contributed by atoms with van der Waals surface area (Å²) in [4.78, 5) is 38.1. The fourth-order valence-electron chi connectivity index (χ4n) is 3.70. The Balaban J connectivity index is 1.48. The van der Waals surface area contributed by atoms with Gasteiger partial charge in [0.15, 0.2) is 0 Å². The third-order valence-electron chi connectivity index (χ3n) is 5.48. The van der Waals surface area contributed by atoms with Crippen molar-refractivity contribution in [3.63, 3.8) is 0 Å². The average molecular weight is 458 g/mol. The highest BCUT2D eigenvalue weighted by Crippen LogP contribution is 2.30. The maximum Gasteiger partial charge on any atom is 0.322 e. The van der Waals surface area contributed by atoms with Gasteiger partial charge in [-0.25, -0.2) is 9.48 Å². The van der Waals surface area contributed by atoms with Crippen LogP contribution in [0.25, 0.3) is 16.3 Å². The lowest BCUT2D eigenvalue weighted by Gasteiger charge is -2.21. The number of anilines is 1. The standard InChI is InChI=1S/C24H19N5O3S/c1-24(22(31)26-23(32)27-24)15-7-5-8-16(13-15)25-21(30)18-14-29(17-9-3-2-4-10-17)28-20(18)19-11-6-12-33-19/h2-14H,1H3,(H,25,30)(H2,26,27,31,32). The molecule has 0 radical (unpaired) electrons. The van der Waals surface area contributed by atoms with Crippen molar-refractivity contribution in [2.75, 3.05) is 5.32 Å². The molecule has 8 nitrogen and oxygen atoms in total. The van der Waals surface area contributed by atoms with Crippen LogP contribution in [0.5, 0.6) is 0 Å². The maximum absolute atomic E-state index is 13.3. The number of carbonyl (C=O) groups is 3. The maximum atomic E-state index is 13.3. The van der Waals surface area contributed by atoms with Gasteiger partial charge in [0.1, 0.15) is 11.2 Å². The summed E-state index contributed by atoms with van der Waals surface area (Å²) in [7, 11) is 0. The van der Waals surface area contributed by atoms with E-state index in [0.29, 0.717) is 22.5 Å². The van der Waals surface area contributed by atoms with Crippen LogP contribution < -0.4 is 16.0 Å². The third-order valence-corrected chi connectivity index (χ3v) is 6.35. The molecule has 1 fully saturated rings. The second-order valence-electron chi connectivity index (χ2n) is 7.72. The van der Waals surface area contributed by atoms with Gasteiger partial charge in [0.2, 0.25) is 0 Å². The van der Waals surface area contributed by atoms with Crippen LogP contribution in [0.1, 0.15) is 22.8 Å². The van der Waals surface area contributed by atoms with Crippen LogP contribution in [0.2, 0.25) is 0 Å². The van der Waals surface area contributed by atoms with Gasteiger partial charge in [-0.1, -0.05) is 36.4 Å². The zero-order valence-electron chi connectivity index (χ0n) is 17.5. The Morgan fingerprint density at radius 2 is 1.88 bits per heavy atom. The van der Waals surface area contributed by atoms with Crippen LogP contribution in [0.15, 0.2) is 78.3 Å². The summed E-state index contributed by atoms with van der Waals surface area (Å²) in [5.41, 5.74) is 1.69. The van der Waals surface area contributed by atoms with E-state index in [2.05, 4.69) is 21.0 Å². The Kier molecular flexibility index (Phi) is 5.02. The number of thiophene rings is 1. The first-order chi connectivity index (χ1) is 15.9. The molecular formula is C24H19N5O3S. The van der Waals surface area contributed by atoms with E-state index in [-0.39, 0.29) is 5.91 Å². The molecule has 5 rings (SSSR count). The van der Waals surface area contributed by atoms with Gasteiger partial charge in [-0.05, 0) is 48.2 Å². The van der Waals surface area contributed by atoms with Crippen molar-refractivity contribution in [3.8, 4) is 16.3 Å². The normalized spacial score (nSPS) is 17.5. The van der Waals surface area contributed by atoms with E-state index < -0.39 is 17.5 Å². The monoisotopic (exact) mass is 457 g/mol. The van der Waals surface area contributed by atoms with Gasteiger partial charge in [-0.2, -0.15) is 5.10 Å². The zero-order valence-corrected chi connectivity index (χ0v) is 18.3. The lowest BCUT2D eigenvalue weighted by Crippen LogP contribution is -2.40. The van der Waals surface area contributed by atoms with Crippen molar-refractivity contribution < 1.29 is 14.4 Å². The van der Waals surface area contributed by atoms with E-state index in [4.69, 9.17) is 0 Å². The van der Waals surface area contributed by atoms with Crippen LogP contribution in [-0.4, -0.2) is 27.6 Å². The second-order valence-corrected chi connectivity index (χ2v) is 8.66. The number of hydrogen-bond donors (Lipinski definition) is 3. The molecule has 2 aromatic carbocycles. The summed E-state index contributed by atoms with van der Waals surface area (Å²) in [6.45, 7) is 1.62. The van der Waals surface area contributed by atoms with Crippen molar-refractivity contribution in [2.24, 2.45) is 0 Å². The van der Waals surface area contributed by atoms with E-state index in [1.54, 1.807) is 42.1 Å². The van der Waals surface area contributed by atoms with E-state index in [1.807, 2.05) is 47.8 Å². The minimum absolute atomic E-state index is 0.331. The molecular weight excluding hydrogens is 438 g/mol. The Hall–Kier alpha value is -4.24. The molecule has 0 saturated carbocycles. The second kappa shape index (κ2) is 8.03. The number of urea groups is 1. The van der Waals surface area contributed by atoms with Gasteiger partial charge in [0, 0.05) is 11.9 Å². The minimum Gasteiger partial charge on any atom is -0.322 e. The Bertz CT molecular complexity index is 1360. The zero-order chi connectivity index (χ0) is 23.0.